The summed E-state index contributed by atoms with van der Waals surface area (Å²) >= 11 is 0. The fourth-order valence-corrected chi connectivity index (χ4v) is 3.13. The van der Waals surface area contributed by atoms with Gasteiger partial charge in [0.2, 0.25) is 0 Å². The van der Waals surface area contributed by atoms with Crippen molar-refractivity contribution in [1.82, 2.24) is 15.3 Å². The van der Waals surface area contributed by atoms with Gasteiger partial charge in [-0.1, -0.05) is 25.5 Å². The number of unbranched alkanes of at least 4 members (excludes halogenated alkanes) is 1. The summed E-state index contributed by atoms with van der Waals surface area (Å²) in [6.07, 6.45) is 3.52. The molecule has 0 atom stereocenters. The van der Waals surface area contributed by atoms with Gasteiger partial charge in [-0.15, -0.1) is 0 Å². The minimum atomic E-state index is -0.125. The topological polar surface area (TPSA) is 61.4 Å². The normalized spacial score (nSPS) is 14.4. The van der Waals surface area contributed by atoms with Crippen LogP contribution in [0.5, 0.6) is 0 Å². The molecule has 1 aliphatic heterocycles. The maximum absolute atomic E-state index is 12.2. The predicted octanol–water partition coefficient (Wildman–Crippen LogP) is 2.64. The summed E-state index contributed by atoms with van der Waals surface area (Å²) in [5.41, 5.74) is 2.98. The first-order valence-electron chi connectivity index (χ1n) is 9.34. The molecule has 0 unspecified atom stereocenters. The van der Waals surface area contributed by atoms with Gasteiger partial charge in [0.15, 0.2) is 0 Å². The number of anilines is 2. The fourth-order valence-electron chi connectivity index (χ4n) is 3.13. The van der Waals surface area contributed by atoms with Crippen molar-refractivity contribution in [2.75, 3.05) is 42.5 Å². The van der Waals surface area contributed by atoms with Gasteiger partial charge >= 0.3 is 0 Å². The zero-order valence-corrected chi connectivity index (χ0v) is 15.6. The second kappa shape index (κ2) is 8.65. The summed E-state index contributed by atoms with van der Waals surface area (Å²) < 4.78 is 0. The Morgan fingerprint density at radius 3 is 2.62 bits per heavy atom. The van der Waals surface area contributed by atoms with Gasteiger partial charge in [0.25, 0.3) is 5.91 Å². The van der Waals surface area contributed by atoms with Crippen LogP contribution in [0.4, 0.5) is 11.5 Å². The first kappa shape index (κ1) is 18.2. The monoisotopic (exact) mass is 353 g/mol. The van der Waals surface area contributed by atoms with E-state index in [1.807, 2.05) is 0 Å². The molecular weight excluding hydrogens is 326 g/mol. The Labute approximate surface area is 155 Å². The lowest BCUT2D eigenvalue weighted by Crippen LogP contribution is -2.47. The summed E-state index contributed by atoms with van der Waals surface area (Å²) in [4.78, 5) is 25.3. The molecule has 1 N–H and O–H groups in total. The van der Waals surface area contributed by atoms with Crippen LogP contribution in [0.1, 0.15) is 35.8 Å². The highest BCUT2D eigenvalue weighted by Gasteiger charge is 2.19. The molecular formula is C20H27N5O. The standard InChI is InChI=1S/C20H27N5O/c1-3-4-8-21-20(26)18-14-19(23-15-22-18)25-11-9-24(10-12-25)17-7-5-6-16(2)13-17/h5-7,13-15H,3-4,8-12H2,1-2H3,(H,21,26). The molecule has 1 aromatic carbocycles. The molecule has 1 aromatic heterocycles. The molecule has 1 amide bonds. The predicted molar refractivity (Wildman–Crippen MR) is 105 cm³/mol. The van der Waals surface area contributed by atoms with E-state index >= 15 is 0 Å². The van der Waals surface area contributed by atoms with Crippen LogP contribution < -0.4 is 15.1 Å². The molecule has 3 rings (SSSR count). The number of amides is 1. The molecule has 1 saturated heterocycles. The zero-order valence-electron chi connectivity index (χ0n) is 15.6. The van der Waals surface area contributed by atoms with Gasteiger partial charge in [0.1, 0.15) is 17.8 Å². The summed E-state index contributed by atoms with van der Waals surface area (Å²) in [6.45, 7) is 8.53. The van der Waals surface area contributed by atoms with E-state index in [1.54, 1.807) is 6.07 Å². The van der Waals surface area contributed by atoms with Gasteiger partial charge < -0.3 is 15.1 Å². The van der Waals surface area contributed by atoms with E-state index in [0.29, 0.717) is 12.2 Å². The van der Waals surface area contributed by atoms with E-state index in [2.05, 4.69) is 63.2 Å². The number of aromatic nitrogens is 2. The Balaban J connectivity index is 1.61. The lowest BCUT2D eigenvalue weighted by molar-refractivity contribution is 0.0948. The number of nitrogens with one attached hydrogen (secondary N) is 1. The third kappa shape index (κ3) is 4.50. The summed E-state index contributed by atoms with van der Waals surface area (Å²) in [7, 11) is 0. The third-order valence-corrected chi connectivity index (χ3v) is 4.67. The molecule has 0 aliphatic carbocycles. The van der Waals surface area contributed by atoms with Crippen LogP contribution in [-0.2, 0) is 0 Å². The quantitative estimate of drug-likeness (QED) is 0.809. The lowest BCUT2D eigenvalue weighted by Gasteiger charge is -2.36. The number of hydrogen-bond donors (Lipinski definition) is 1. The van der Waals surface area contributed by atoms with Crippen molar-refractivity contribution in [3.05, 3.63) is 47.9 Å². The van der Waals surface area contributed by atoms with Crippen LogP contribution >= 0.6 is 0 Å². The van der Waals surface area contributed by atoms with Crippen molar-refractivity contribution in [2.45, 2.75) is 26.7 Å². The largest absolute Gasteiger partial charge is 0.368 e. The van der Waals surface area contributed by atoms with Crippen molar-refractivity contribution < 1.29 is 4.79 Å². The van der Waals surface area contributed by atoms with Crippen molar-refractivity contribution in [3.63, 3.8) is 0 Å². The highest BCUT2D eigenvalue weighted by atomic mass is 16.1. The number of carbonyl (C=O) groups excluding carboxylic acids is 1. The van der Waals surface area contributed by atoms with Crippen LogP contribution in [0.3, 0.4) is 0 Å². The van der Waals surface area contributed by atoms with E-state index in [-0.39, 0.29) is 5.91 Å². The number of hydrogen-bond acceptors (Lipinski definition) is 5. The molecule has 2 heterocycles. The Morgan fingerprint density at radius 1 is 1.12 bits per heavy atom. The second-order valence-electron chi connectivity index (χ2n) is 6.68. The molecule has 26 heavy (non-hydrogen) atoms. The molecule has 1 fully saturated rings. The Hall–Kier alpha value is -2.63. The van der Waals surface area contributed by atoms with Crippen LogP contribution in [0.25, 0.3) is 0 Å². The molecule has 0 bridgehead atoms. The number of aryl methyl sites for hydroxylation is 1. The third-order valence-electron chi connectivity index (χ3n) is 4.67. The fraction of sp³-hybridized carbons (Fsp3) is 0.450. The number of nitrogens with zero attached hydrogens (tertiary/aromatic N) is 4. The van der Waals surface area contributed by atoms with Crippen molar-refractivity contribution in [2.24, 2.45) is 0 Å². The Kier molecular flexibility index (Phi) is 6.04. The van der Waals surface area contributed by atoms with Gasteiger partial charge in [-0.2, -0.15) is 0 Å². The van der Waals surface area contributed by atoms with E-state index < -0.39 is 0 Å². The minimum Gasteiger partial charge on any atom is -0.368 e. The van der Waals surface area contributed by atoms with Crippen LogP contribution in [0.15, 0.2) is 36.7 Å². The second-order valence-corrected chi connectivity index (χ2v) is 6.68. The van der Waals surface area contributed by atoms with Gasteiger partial charge in [-0.05, 0) is 31.0 Å². The first-order chi connectivity index (χ1) is 12.7. The number of rotatable bonds is 6. The van der Waals surface area contributed by atoms with Crippen molar-refractivity contribution >= 4 is 17.4 Å². The van der Waals surface area contributed by atoms with E-state index in [1.165, 1.54) is 17.6 Å². The van der Waals surface area contributed by atoms with Crippen LogP contribution in [0.2, 0.25) is 0 Å². The molecule has 1 aliphatic rings. The molecule has 0 saturated carbocycles. The highest BCUT2D eigenvalue weighted by Crippen LogP contribution is 2.20. The number of piperazine rings is 1. The zero-order chi connectivity index (χ0) is 18.4. The summed E-state index contributed by atoms with van der Waals surface area (Å²) in [5.74, 6) is 0.699. The minimum absolute atomic E-state index is 0.125. The smallest absolute Gasteiger partial charge is 0.270 e. The average molecular weight is 353 g/mol. The van der Waals surface area contributed by atoms with E-state index in [4.69, 9.17) is 0 Å². The highest BCUT2D eigenvalue weighted by molar-refractivity contribution is 5.92. The Morgan fingerprint density at radius 2 is 1.88 bits per heavy atom. The molecule has 0 spiro atoms. The maximum Gasteiger partial charge on any atom is 0.270 e. The van der Waals surface area contributed by atoms with Gasteiger partial charge in [-0.3, -0.25) is 4.79 Å². The molecule has 6 heteroatoms. The van der Waals surface area contributed by atoms with Crippen molar-refractivity contribution in [3.8, 4) is 0 Å². The number of carbonyl (C=O) groups is 1. The van der Waals surface area contributed by atoms with E-state index in [9.17, 15) is 4.79 Å². The van der Waals surface area contributed by atoms with Gasteiger partial charge in [-0.25, -0.2) is 9.97 Å². The number of benzene rings is 1. The molecule has 0 radical (unpaired) electrons. The maximum atomic E-state index is 12.2. The average Bonchev–Trinajstić information content (AvgIpc) is 2.68. The SMILES string of the molecule is CCCCNC(=O)c1cc(N2CCN(c3cccc(C)c3)CC2)ncn1. The van der Waals surface area contributed by atoms with Gasteiger partial charge in [0, 0.05) is 44.5 Å². The van der Waals surface area contributed by atoms with Crippen LogP contribution in [-0.4, -0.2) is 48.6 Å². The van der Waals surface area contributed by atoms with Crippen LogP contribution in [0, 0.1) is 6.92 Å². The summed E-state index contributed by atoms with van der Waals surface area (Å²) in [5, 5.41) is 2.91. The summed E-state index contributed by atoms with van der Waals surface area (Å²) in [6, 6.07) is 10.4. The Bertz CT molecular complexity index is 740. The van der Waals surface area contributed by atoms with Crippen molar-refractivity contribution in [1.29, 1.82) is 0 Å². The molecule has 138 valence electrons. The van der Waals surface area contributed by atoms with E-state index in [0.717, 1.165) is 44.8 Å². The van der Waals surface area contributed by atoms with Gasteiger partial charge in [0.05, 0.1) is 0 Å². The molecule has 6 nitrogen and oxygen atoms in total. The lowest BCUT2D eigenvalue weighted by atomic mass is 10.2. The first-order valence-corrected chi connectivity index (χ1v) is 9.34. The molecule has 2 aromatic rings.